The van der Waals surface area contributed by atoms with Gasteiger partial charge in [-0.1, -0.05) is 0 Å². The van der Waals surface area contributed by atoms with Crippen molar-refractivity contribution in [2.24, 2.45) is 0 Å². The normalized spacial score (nSPS) is 16.9. The Kier molecular flexibility index (Phi) is 2.34. The summed E-state index contributed by atoms with van der Waals surface area (Å²) in [5.74, 6) is 0. The Bertz CT molecular complexity index is 207. The van der Waals surface area contributed by atoms with Gasteiger partial charge < -0.3 is 9.66 Å². The standard InChI is InChI=1S/C3H6F2O4S/c1-2(6)3(4,5)10(7,8)9/h2,6H,1H3,(H,7,8,9)/p-1. The molecule has 0 aromatic rings. The quantitative estimate of drug-likeness (QED) is 0.574. The third-order valence-corrected chi connectivity index (χ3v) is 1.83. The van der Waals surface area contributed by atoms with E-state index in [4.69, 9.17) is 5.11 Å². The van der Waals surface area contributed by atoms with Gasteiger partial charge in [-0.2, -0.15) is 8.78 Å². The molecule has 0 fully saturated rings. The van der Waals surface area contributed by atoms with Crippen molar-refractivity contribution in [3.8, 4) is 0 Å². The molecule has 0 aromatic heterocycles. The maximum absolute atomic E-state index is 11.9. The van der Waals surface area contributed by atoms with E-state index in [0.29, 0.717) is 6.92 Å². The monoisotopic (exact) mass is 175 g/mol. The van der Waals surface area contributed by atoms with Gasteiger partial charge in [0, 0.05) is 0 Å². The maximum atomic E-state index is 11.9. The van der Waals surface area contributed by atoms with Gasteiger partial charge >= 0.3 is 5.25 Å². The summed E-state index contributed by atoms with van der Waals surface area (Å²) in [7, 11) is -5.73. The summed E-state index contributed by atoms with van der Waals surface area (Å²) in [4.78, 5) is 0. The Labute approximate surface area is 56.2 Å². The Morgan fingerprint density at radius 1 is 1.60 bits per heavy atom. The summed E-state index contributed by atoms with van der Waals surface area (Å²) in [5, 5.41) is 3.50. The molecule has 4 nitrogen and oxygen atoms in total. The molecule has 1 N–H and O–H groups in total. The first-order valence-electron chi connectivity index (χ1n) is 2.21. The average molecular weight is 175 g/mol. The number of aliphatic hydroxyl groups is 1. The lowest BCUT2D eigenvalue weighted by molar-refractivity contribution is -0.0375. The van der Waals surface area contributed by atoms with Gasteiger partial charge in [-0.25, -0.2) is 8.42 Å². The van der Waals surface area contributed by atoms with Crippen molar-refractivity contribution in [1.82, 2.24) is 0 Å². The summed E-state index contributed by atoms with van der Waals surface area (Å²) < 4.78 is 52.7. The fraction of sp³-hybridized carbons (Fsp3) is 1.00. The van der Waals surface area contributed by atoms with E-state index in [1.807, 2.05) is 0 Å². The molecule has 0 saturated heterocycles. The van der Waals surface area contributed by atoms with Crippen molar-refractivity contribution in [3.63, 3.8) is 0 Å². The van der Waals surface area contributed by atoms with Crippen molar-refractivity contribution < 1.29 is 26.9 Å². The van der Waals surface area contributed by atoms with Gasteiger partial charge in [0.25, 0.3) is 0 Å². The fourth-order valence-corrected chi connectivity index (χ4v) is 0.627. The molecular weight excluding hydrogens is 170 g/mol. The summed E-state index contributed by atoms with van der Waals surface area (Å²) >= 11 is 0. The topological polar surface area (TPSA) is 77.4 Å². The average Bonchev–Trinajstić information content (AvgIpc) is 1.62. The van der Waals surface area contributed by atoms with Crippen LogP contribution in [0.25, 0.3) is 0 Å². The second-order valence-electron chi connectivity index (χ2n) is 1.69. The zero-order valence-electron chi connectivity index (χ0n) is 4.91. The highest BCUT2D eigenvalue weighted by atomic mass is 32.2. The van der Waals surface area contributed by atoms with Gasteiger partial charge in [0.1, 0.15) is 6.10 Å². The predicted molar refractivity (Wildman–Crippen MR) is 26.3 cm³/mol. The van der Waals surface area contributed by atoms with Crippen molar-refractivity contribution in [2.45, 2.75) is 18.3 Å². The largest absolute Gasteiger partial charge is 0.743 e. The lowest BCUT2D eigenvalue weighted by Gasteiger charge is -2.21. The van der Waals surface area contributed by atoms with E-state index < -0.39 is 21.5 Å². The molecule has 0 spiro atoms. The molecule has 0 aliphatic rings. The van der Waals surface area contributed by atoms with Crippen LogP contribution in [0.15, 0.2) is 0 Å². The van der Waals surface area contributed by atoms with Crippen molar-refractivity contribution in [2.75, 3.05) is 0 Å². The van der Waals surface area contributed by atoms with Crippen molar-refractivity contribution >= 4 is 10.1 Å². The highest BCUT2D eigenvalue weighted by Crippen LogP contribution is 2.23. The van der Waals surface area contributed by atoms with Gasteiger partial charge in [-0.3, -0.25) is 0 Å². The van der Waals surface area contributed by atoms with Crippen molar-refractivity contribution in [1.29, 1.82) is 0 Å². The first-order valence-corrected chi connectivity index (χ1v) is 3.61. The Morgan fingerprint density at radius 3 is 1.90 bits per heavy atom. The second kappa shape index (κ2) is 2.40. The SMILES string of the molecule is CC(O)C(F)(F)S(=O)(=O)[O-]. The highest BCUT2D eigenvalue weighted by Gasteiger charge is 2.42. The molecule has 0 bridgehead atoms. The zero-order valence-corrected chi connectivity index (χ0v) is 5.73. The molecule has 0 heterocycles. The summed E-state index contributed by atoms with van der Waals surface area (Å²) in [6.07, 6.45) is -2.48. The van der Waals surface area contributed by atoms with Crippen LogP contribution >= 0.6 is 0 Å². The second-order valence-corrected chi connectivity index (χ2v) is 3.14. The molecule has 0 radical (unpaired) electrons. The summed E-state index contributed by atoms with van der Waals surface area (Å²) in [6, 6.07) is 0. The van der Waals surface area contributed by atoms with E-state index in [0.717, 1.165) is 0 Å². The van der Waals surface area contributed by atoms with Crippen LogP contribution in [-0.2, 0) is 10.1 Å². The van der Waals surface area contributed by atoms with Crippen LogP contribution in [-0.4, -0.2) is 29.4 Å². The van der Waals surface area contributed by atoms with Crippen LogP contribution in [0.4, 0.5) is 8.78 Å². The van der Waals surface area contributed by atoms with E-state index >= 15 is 0 Å². The minimum Gasteiger partial charge on any atom is -0.743 e. The van der Waals surface area contributed by atoms with E-state index in [-0.39, 0.29) is 0 Å². The number of hydrogen-bond donors (Lipinski definition) is 1. The molecule has 0 rings (SSSR count). The Morgan fingerprint density at radius 2 is 1.90 bits per heavy atom. The van der Waals surface area contributed by atoms with E-state index in [2.05, 4.69) is 0 Å². The molecule has 1 unspecified atom stereocenters. The first-order chi connectivity index (χ1) is 4.19. The summed E-state index contributed by atoms with van der Waals surface area (Å²) in [6.45, 7) is 0.523. The third-order valence-electron chi connectivity index (χ3n) is 0.820. The van der Waals surface area contributed by atoms with E-state index in [9.17, 15) is 21.8 Å². The lowest BCUT2D eigenvalue weighted by atomic mass is 10.4. The van der Waals surface area contributed by atoms with E-state index in [1.165, 1.54) is 0 Å². The molecule has 0 aromatic carbocycles. The van der Waals surface area contributed by atoms with Gasteiger partial charge in [-0.15, -0.1) is 0 Å². The molecule has 0 saturated carbocycles. The zero-order chi connectivity index (χ0) is 8.58. The molecule has 0 aliphatic heterocycles. The lowest BCUT2D eigenvalue weighted by Crippen LogP contribution is -2.39. The fourth-order valence-electron chi connectivity index (χ4n) is 0.209. The van der Waals surface area contributed by atoms with Gasteiger partial charge in [0.2, 0.25) is 0 Å². The number of rotatable bonds is 2. The molecule has 0 amide bonds. The number of alkyl halides is 2. The van der Waals surface area contributed by atoms with Crippen molar-refractivity contribution in [3.05, 3.63) is 0 Å². The first kappa shape index (κ1) is 9.73. The van der Waals surface area contributed by atoms with Crippen LogP contribution in [0.1, 0.15) is 6.92 Å². The molecular formula is C3H5F2O4S-. The van der Waals surface area contributed by atoms with Crippen LogP contribution < -0.4 is 0 Å². The number of aliphatic hydroxyl groups excluding tert-OH is 1. The minimum absolute atomic E-state index is 0.523. The Balaban J connectivity index is 4.76. The van der Waals surface area contributed by atoms with Crippen LogP contribution in [0.2, 0.25) is 0 Å². The van der Waals surface area contributed by atoms with E-state index in [1.54, 1.807) is 0 Å². The number of hydrogen-bond acceptors (Lipinski definition) is 4. The van der Waals surface area contributed by atoms with Gasteiger partial charge in [0.05, 0.1) is 0 Å². The molecule has 10 heavy (non-hydrogen) atoms. The molecule has 62 valence electrons. The highest BCUT2D eigenvalue weighted by molar-refractivity contribution is 7.86. The maximum Gasteiger partial charge on any atom is 0.359 e. The van der Waals surface area contributed by atoms with Crippen LogP contribution in [0.3, 0.4) is 0 Å². The molecule has 7 heteroatoms. The van der Waals surface area contributed by atoms with Gasteiger partial charge in [0.15, 0.2) is 10.1 Å². The minimum atomic E-state index is -5.73. The molecule has 1 atom stereocenters. The smallest absolute Gasteiger partial charge is 0.359 e. The number of halogens is 2. The van der Waals surface area contributed by atoms with Crippen LogP contribution in [0, 0.1) is 0 Å². The summed E-state index contributed by atoms with van der Waals surface area (Å²) in [5.41, 5.74) is 0. The third kappa shape index (κ3) is 1.61. The molecule has 0 aliphatic carbocycles. The Hall–Kier alpha value is -0.270. The van der Waals surface area contributed by atoms with Gasteiger partial charge in [-0.05, 0) is 6.92 Å². The van der Waals surface area contributed by atoms with Crippen LogP contribution in [0.5, 0.6) is 0 Å². The predicted octanol–water partition coefficient (Wildman–Crippen LogP) is -0.495.